The predicted molar refractivity (Wildman–Crippen MR) is 115 cm³/mol. The number of hydrogen-bond donors (Lipinski definition) is 0. The molecule has 0 saturated heterocycles. The van der Waals surface area contributed by atoms with Crippen molar-refractivity contribution in [3.63, 3.8) is 0 Å². The second-order valence-electron chi connectivity index (χ2n) is 7.74. The van der Waals surface area contributed by atoms with Gasteiger partial charge in [-0.15, -0.1) is 0 Å². The van der Waals surface area contributed by atoms with E-state index in [4.69, 9.17) is 16.3 Å². The summed E-state index contributed by atoms with van der Waals surface area (Å²) in [5.74, 6) is 1.76. The van der Waals surface area contributed by atoms with Gasteiger partial charge in [0.15, 0.2) is 0 Å². The van der Waals surface area contributed by atoms with Crippen molar-refractivity contribution in [3.05, 3.63) is 64.8 Å². The molecule has 142 valence electrons. The fourth-order valence-electron chi connectivity index (χ4n) is 4.20. The van der Waals surface area contributed by atoms with Crippen molar-refractivity contribution in [1.29, 1.82) is 0 Å². The maximum Gasteiger partial charge on any atom is 0.119 e. The lowest BCUT2D eigenvalue weighted by molar-refractivity contribution is 0.208. The molecule has 0 radical (unpaired) electrons. The van der Waals surface area contributed by atoms with E-state index in [1.54, 1.807) is 0 Å². The summed E-state index contributed by atoms with van der Waals surface area (Å²) < 4.78 is 6.14. The van der Waals surface area contributed by atoms with E-state index in [1.165, 1.54) is 43.4 Å². The third kappa shape index (κ3) is 4.68. The van der Waals surface area contributed by atoms with Crippen molar-refractivity contribution in [1.82, 2.24) is 0 Å². The van der Waals surface area contributed by atoms with Crippen LogP contribution >= 0.6 is 11.6 Å². The molecule has 1 aliphatic heterocycles. The zero-order valence-electron chi connectivity index (χ0n) is 15.9. The highest BCUT2D eigenvalue weighted by atomic mass is 35.5. The Morgan fingerprint density at radius 2 is 1.89 bits per heavy atom. The molecule has 0 unspecified atom stereocenters. The molecule has 2 aliphatic rings. The first kappa shape index (κ1) is 18.4. The number of rotatable bonds is 5. The molecular formula is C24H28ClNO. The first-order valence-electron chi connectivity index (χ1n) is 10.2. The number of nitrogens with zero attached hydrogens (tertiary/aromatic N) is 1. The van der Waals surface area contributed by atoms with E-state index < -0.39 is 0 Å². The minimum Gasteiger partial charge on any atom is -0.493 e. The number of aryl methyl sites for hydroxylation is 1. The van der Waals surface area contributed by atoms with Gasteiger partial charge in [-0.2, -0.15) is 0 Å². The molecule has 1 aliphatic carbocycles. The average Bonchev–Trinajstić information content (AvgIpc) is 2.72. The highest BCUT2D eigenvalue weighted by molar-refractivity contribution is 6.32. The van der Waals surface area contributed by atoms with Crippen LogP contribution in [0.3, 0.4) is 0 Å². The van der Waals surface area contributed by atoms with Crippen LogP contribution in [0.25, 0.3) is 6.08 Å². The van der Waals surface area contributed by atoms with Crippen LogP contribution in [0.1, 0.15) is 49.7 Å². The molecule has 4 rings (SSSR count). The van der Waals surface area contributed by atoms with Crippen molar-refractivity contribution in [2.75, 3.05) is 18.1 Å². The van der Waals surface area contributed by atoms with Crippen molar-refractivity contribution >= 4 is 23.4 Å². The Hall–Kier alpha value is -1.93. The first-order valence-corrected chi connectivity index (χ1v) is 10.6. The summed E-state index contributed by atoms with van der Waals surface area (Å²) in [6.07, 6.45) is 13.3. The van der Waals surface area contributed by atoms with Crippen molar-refractivity contribution in [2.45, 2.75) is 44.9 Å². The van der Waals surface area contributed by atoms with Gasteiger partial charge in [0.05, 0.1) is 6.61 Å². The Morgan fingerprint density at radius 1 is 1.04 bits per heavy atom. The molecule has 1 fully saturated rings. The van der Waals surface area contributed by atoms with E-state index in [1.807, 2.05) is 24.3 Å². The van der Waals surface area contributed by atoms with E-state index in [-0.39, 0.29) is 0 Å². The molecule has 0 bridgehead atoms. The second kappa shape index (κ2) is 8.84. The van der Waals surface area contributed by atoms with Crippen LogP contribution in [0, 0.1) is 5.92 Å². The fourth-order valence-corrected chi connectivity index (χ4v) is 4.39. The Bertz CT molecular complexity index is 795. The molecule has 2 nitrogen and oxygen atoms in total. The van der Waals surface area contributed by atoms with Gasteiger partial charge in [0.25, 0.3) is 0 Å². The van der Waals surface area contributed by atoms with E-state index in [9.17, 15) is 0 Å². The van der Waals surface area contributed by atoms with Gasteiger partial charge in [0, 0.05) is 23.5 Å². The lowest BCUT2D eigenvalue weighted by atomic mass is 9.90. The fraction of sp³-hybridized carbons (Fsp3) is 0.417. The van der Waals surface area contributed by atoms with Gasteiger partial charge >= 0.3 is 0 Å². The van der Waals surface area contributed by atoms with Crippen LogP contribution in [0.2, 0.25) is 5.02 Å². The quantitative estimate of drug-likeness (QED) is 0.569. The SMILES string of the molecule is Clc1ccccc1C=CN1CCCc2cc(OCC3CCCCC3)ccc21. The predicted octanol–water partition coefficient (Wildman–Crippen LogP) is 6.72. The van der Waals surface area contributed by atoms with Crippen molar-refractivity contribution in [2.24, 2.45) is 5.92 Å². The first-order chi connectivity index (χ1) is 13.3. The molecule has 1 saturated carbocycles. The molecular weight excluding hydrogens is 354 g/mol. The van der Waals surface area contributed by atoms with Gasteiger partial charge in [0.1, 0.15) is 5.75 Å². The highest BCUT2D eigenvalue weighted by Crippen LogP contribution is 2.32. The number of anilines is 1. The number of benzene rings is 2. The summed E-state index contributed by atoms with van der Waals surface area (Å²) in [4.78, 5) is 2.33. The van der Waals surface area contributed by atoms with Crippen LogP contribution in [0.4, 0.5) is 5.69 Å². The van der Waals surface area contributed by atoms with Gasteiger partial charge in [-0.25, -0.2) is 0 Å². The van der Waals surface area contributed by atoms with E-state index in [0.29, 0.717) is 0 Å². The molecule has 1 heterocycles. The minimum atomic E-state index is 0.741. The standard InChI is InChI=1S/C24H28ClNO/c25-23-11-5-4-9-20(23)14-16-26-15-6-10-21-17-22(12-13-24(21)26)27-18-19-7-2-1-3-8-19/h4-5,9,11-14,16-17,19H,1-3,6-8,10,15,18H2. The second-order valence-corrected chi connectivity index (χ2v) is 8.15. The number of ether oxygens (including phenoxy) is 1. The lowest BCUT2D eigenvalue weighted by Gasteiger charge is -2.29. The highest BCUT2D eigenvalue weighted by Gasteiger charge is 2.17. The number of halogens is 1. The maximum absolute atomic E-state index is 6.28. The van der Waals surface area contributed by atoms with Crippen LogP contribution in [0.15, 0.2) is 48.7 Å². The normalized spacial score (nSPS) is 17.9. The summed E-state index contributed by atoms with van der Waals surface area (Å²) in [6.45, 7) is 1.91. The molecule has 2 aromatic carbocycles. The molecule has 3 heteroatoms. The zero-order chi connectivity index (χ0) is 18.5. The third-order valence-corrected chi connectivity index (χ3v) is 6.10. The van der Waals surface area contributed by atoms with Gasteiger partial charge in [-0.3, -0.25) is 0 Å². The smallest absolute Gasteiger partial charge is 0.119 e. The summed E-state index contributed by atoms with van der Waals surface area (Å²) in [5, 5.41) is 0.789. The Labute approximate surface area is 167 Å². The molecule has 0 spiro atoms. The van der Waals surface area contributed by atoms with Crippen LogP contribution in [0.5, 0.6) is 5.75 Å². The number of fused-ring (bicyclic) bond motifs is 1. The molecule has 2 aromatic rings. The van der Waals surface area contributed by atoms with Gasteiger partial charge in [-0.05, 0) is 73.1 Å². The third-order valence-electron chi connectivity index (χ3n) is 5.76. The minimum absolute atomic E-state index is 0.741. The molecule has 0 N–H and O–H groups in total. The average molecular weight is 382 g/mol. The lowest BCUT2D eigenvalue weighted by Crippen LogP contribution is -2.23. The van der Waals surface area contributed by atoms with E-state index >= 15 is 0 Å². The van der Waals surface area contributed by atoms with Gasteiger partial charge in [-0.1, -0.05) is 49.1 Å². The van der Waals surface area contributed by atoms with E-state index in [0.717, 1.165) is 48.2 Å². The molecule has 0 atom stereocenters. The van der Waals surface area contributed by atoms with Gasteiger partial charge in [0.2, 0.25) is 0 Å². The summed E-state index contributed by atoms with van der Waals surface area (Å²) in [7, 11) is 0. The Balaban J connectivity index is 1.44. The van der Waals surface area contributed by atoms with Gasteiger partial charge < -0.3 is 9.64 Å². The van der Waals surface area contributed by atoms with E-state index in [2.05, 4.69) is 35.4 Å². The van der Waals surface area contributed by atoms with Crippen LogP contribution in [-0.4, -0.2) is 13.2 Å². The van der Waals surface area contributed by atoms with Crippen molar-refractivity contribution < 1.29 is 4.74 Å². The van der Waals surface area contributed by atoms with Crippen molar-refractivity contribution in [3.8, 4) is 5.75 Å². The topological polar surface area (TPSA) is 12.5 Å². The summed E-state index contributed by atoms with van der Waals surface area (Å²) in [6, 6.07) is 14.5. The molecule has 27 heavy (non-hydrogen) atoms. The Morgan fingerprint density at radius 3 is 2.74 bits per heavy atom. The largest absolute Gasteiger partial charge is 0.493 e. The summed E-state index contributed by atoms with van der Waals surface area (Å²) >= 11 is 6.28. The monoisotopic (exact) mass is 381 g/mol. The number of hydrogen-bond acceptors (Lipinski definition) is 2. The molecule has 0 amide bonds. The molecule has 0 aromatic heterocycles. The van der Waals surface area contributed by atoms with Crippen LogP contribution < -0.4 is 9.64 Å². The maximum atomic E-state index is 6.28. The van der Waals surface area contributed by atoms with Crippen LogP contribution in [-0.2, 0) is 6.42 Å². The Kier molecular flexibility index (Phi) is 6.03. The summed E-state index contributed by atoms with van der Waals surface area (Å²) in [5.41, 5.74) is 3.72. The zero-order valence-corrected chi connectivity index (χ0v) is 16.6.